The van der Waals surface area contributed by atoms with Gasteiger partial charge < -0.3 is 14.8 Å². The van der Waals surface area contributed by atoms with Crippen LogP contribution in [0, 0.1) is 10.1 Å². The molecular formula is C16H24N2O4. The van der Waals surface area contributed by atoms with Gasteiger partial charge in [0.05, 0.1) is 10.5 Å². The monoisotopic (exact) mass is 308 g/mol. The molecule has 1 aromatic carbocycles. The van der Waals surface area contributed by atoms with Gasteiger partial charge in [0, 0.05) is 31.5 Å². The molecule has 6 heteroatoms. The Balaban J connectivity index is 2.15. The summed E-state index contributed by atoms with van der Waals surface area (Å²) in [7, 11) is 1.73. The molecule has 6 nitrogen and oxygen atoms in total. The first-order valence-corrected chi connectivity index (χ1v) is 7.51. The molecule has 0 unspecified atom stereocenters. The first-order valence-electron chi connectivity index (χ1n) is 7.51. The molecule has 1 saturated carbocycles. The van der Waals surface area contributed by atoms with Gasteiger partial charge in [0.15, 0.2) is 5.75 Å². The summed E-state index contributed by atoms with van der Waals surface area (Å²) in [5.74, 6) is 0.280. The number of nitrogens with zero attached hydrogens (tertiary/aromatic N) is 1. The molecule has 0 amide bonds. The molecule has 1 N–H and O–H groups in total. The Labute approximate surface area is 131 Å². The number of nitrogens with one attached hydrogen (secondary N) is 1. The van der Waals surface area contributed by atoms with Crippen molar-refractivity contribution in [3.63, 3.8) is 0 Å². The SMILES string of the molecule is COC1(CNc2ccc([N+](=O)[O-])c(OC(C)(C)C)c2)CCC1. The average molecular weight is 308 g/mol. The second-order valence-corrected chi connectivity index (χ2v) is 6.75. The van der Waals surface area contributed by atoms with Crippen LogP contribution in [0.15, 0.2) is 18.2 Å². The Morgan fingerprint density at radius 2 is 2.05 bits per heavy atom. The summed E-state index contributed by atoms with van der Waals surface area (Å²) in [5, 5.41) is 14.4. The Morgan fingerprint density at radius 1 is 1.36 bits per heavy atom. The zero-order chi connectivity index (χ0) is 16.4. The van der Waals surface area contributed by atoms with Crippen LogP contribution < -0.4 is 10.1 Å². The standard InChI is InChI=1S/C16H24N2O4/c1-15(2,3)22-14-10-12(6-7-13(14)18(19)20)17-11-16(21-4)8-5-9-16/h6-7,10,17H,5,8-9,11H2,1-4H3. The van der Waals surface area contributed by atoms with E-state index in [2.05, 4.69) is 5.32 Å². The first kappa shape index (κ1) is 16.5. The van der Waals surface area contributed by atoms with E-state index in [1.165, 1.54) is 12.5 Å². The highest BCUT2D eigenvalue weighted by atomic mass is 16.6. The van der Waals surface area contributed by atoms with Gasteiger partial charge in [0.25, 0.3) is 0 Å². The first-order chi connectivity index (χ1) is 10.2. The van der Waals surface area contributed by atoms with Crippen molar-refractivity contribution in [2.45, 2.75) is 51.2 Å². The molecule has 0 bridgehead atoms. The number of anilines is 1. The van der Waals surface area contributed by atoms with Crippen LogP contribution in [0.4, 0.5) is 11.4 Å². The average Bonchev–Trinajstić information content (AvgIpc) is 2.36. The number of benzene rings is 1. The van der Waals surface area contributed by atoms with E-state index in [1.54, 1.807) is 19.2 Å². The van der Waals surface area contributed by atoms with Crippen LogP contribution in [0.5, 0.6) is 5.75 Å². The molecule has 1 fully saturated rings. The van der Waals surface area contributed by atoms with E-state index < -0.39 is 10.5 Å². The van der Waals surface area contributed by atoms with Crippen LogP contribution in [-0.4, -0.2) is 29.8 Å². The molecule has 0 saturated heterocycles. The lowest BCUT2D eigenvalue weighted by atomic mass is 9.80. The van der Waals surface area contributed by atoms with Crippen LogP contribution in [0.2, 0.25) is 0 Å². The zero-order valence-corrected chi connectivity index (χ0v) is 13.6. The maximum Gasteiger partial charge on any atom is 0.311 e. The maximum absolute atomic E-state index is 11.1. The van der Waals surface area contributed by atoms with Gasteiger partial charge in [0.1, 0.15) is 5.60 Å². The van der Waals surface area contributed by atoms with E-state index in [-0.39, 0.29) is 17.0 Å². The molecule has 1 aliphatic carbocycles. The summed E-state index contributed by atoms with van der Waals surface area (Å²) in [6, 6.07) is 4.87. The molecule has 22 heavy (non-hydrogen) atoms. The minimum Gasteiger partial charge on any atom is -0.481 e. The number of nitro groups is 1. The smallest absolute Gasteiger partial charge is 0.311 e. The zero-order valence-electron chi connectivity index (χ0n) is 13.6. The van der Waals surface area contributed by atoms with Crippen molar-refractivity contribution in [3.8, 4) is 5.75 Å². The fraction of sp³-hybridized carbons (Fsp3) is 0.625. The van der Waals surface area contributed by atoms with Gasteiger partial charge in [-0.3, -0.25) is 10.1 Å². The quantitative estimate of drug-likeness (QED) is 0.640. The Hall–Kier alpha value is -1.82. The van der Waals surface area contributed by atoms with Crippen LogP contribution in [0.1, 0.15) is 40.0 Å². The minimum atomic E-state index is -0.495. The number of hydrogen-bond donors (Lipinski definition) is 1. The number of rotatable bonds is 6. The lowest BCUT2D eigenvalue weighted by molar-refractivity contribution is -0.386. The van der Waals surface area contributed by atoms with Crippen molar-refractivity contribution < 1.29 is 14.4 Å². The van der Waals surface area contributed by atoms with Gasteiger partial charge in [-0.25, -0.2) is 0 Å². The molecule has 0 radical (unpaired) electrons. The van der Waals surface area contributed by atoms with Crippen molar-refractivity contribution in [3.05, 3.63) is 28.3 Å². The topological polar surface area (TPSA) is 73.6 Å². The van der Waals surface area contributed by atoms with E-state index in [9.17, 15) is 10.1 Å². The fourth-order valence-electron chi connectivity index (χ4n) is 2.47. The largest absolute Gasteiger partial charge is 0.481 e. The van der Waals surface area contributed by atoms with Gasteiger partial charge in [-0.2, -0.15) is 0 Å². The van der Waals surface area contributed by atoms with Crippen LogP contribution in [0.3, 0.4) is 0 Å². The van der Waals surface area contributed by atoms with Crippen molar-refractivity contribution >= 4 is 11.4 Å². The van der Waals surface area contributed by atoms with Crippen molar-refractivity contribution in [2.75, 3.05) is 19.0 Å². The third kappa shape index (κ3) is 3.88. The van der Waals surface area contributed by atoms with Crippen LogP contribution >= 0.6 is 0 Å². The van der Waals surface area contributed by atoms with Gasteiger partial charge in [-0.15, -0.1) is 0 Å². The molecule has 122 valence electrons. The number of nitro benzene ring substituents is 1. The highest BCUT2D eigenvalue weighted by Gasteiger charge is 2.36. The van der Waals surface area contributed by atoms with E-state index in [4.69, 9.17) is 9.47 Å². The molecule has 0 aromatic heterocycles. The number of methoxy groups -OCH3 is 1. The predicted octanol–water partition coefficient (Wildman–Crippen LogP) is 3.75. The second-order valence-electron chi connectivity index (χ2n) is 6.75. The molecular weight excluding hydrogens is 284 g/mol. The molecule has 1 aromatic rings. The number of hydrogen-bond acceptors (Lipinski definition) is 5. The third-order valence-electron chi connectivity index (χ3n) is 3.89. The third-order valence-corrected chi connectivity index (χ3v) is 3.89. The molecule has 0 aliphatic heterocycles. The molecule has 2 rings (SSSR count). The summed E-state index contributed by atoms with van der Waals surface area (Å²) in [5.41, 5.74) is 0.177. The van der Waals surface area contributed by atoms with Crippen molar-refractivity contribution in [1.29, 1.82) is 0 Å². The van der Waals surface area contributed by atoms with E-state index >= 15 is 0 Å². The van der Waals surface area contributed by atoms with Gasteiger partial charge in [-0.1, -0.05) is 0 Å². The lowest BCUT2D eigenvalue weighted by Gasteiger charge is -2.40. The van der Waals surface area contributed by atoms with Gasteiger partial charge in [-0.05, 0) is 46.1 Å². The molecule has 0 heterocycles. The summed E-state index contributed by atoms with van der Waals surface area (Å²) in [6.45, 7) is 6.29. The van der Waals surface area contributed by atoms with Crippen LogP contribution in [0.25, 0.3) is 0 Å². The fourth-order valence-corrected chi connectivity index (χ4v) is 2.47. The second kappa shape index (κ2) is 6.12. The summed E-state index contributed by atoms with van der Waals surface area (Å²) >= 11 is 0. The molecule has 0 spiro atoms. The van der Waals surface area contributed by atoms with Gasteiger partial charge in [0.2, 0.25) is 0 Å². The van der Waals surface area contributed by atoms with Crippen LogP contribution in [-0.2, 0) is 4.74 Å². The Bertz CT molecular complexity index is 542. The lowest BCUT2D eigenvalue weighted by Crippen LogP contribution is -2.45. The minimum absolute atomic E-state index is 0.0226. The van der Waals surface area contributed by atoms with Crippen molar-refractivity contribution in [2.24, 2.45) is 0 Å². The van der Waals surface area contributed by atoms with E-state index in [0.717, 1.165) is 18.5 Å². The summed E-state index contributed by atoms with van der Waals surface area (Å²) in [4.78, 5) is 10.7. The van der Waals surface area contributed by atoms with Crippen molar-refractivity contribution in [1.82, 2.24) is 0 Å². The Kier molecular flexibility index (Phi) is 4.60. The Morgan fingerprint density at radius 3 is 2.50 bits per heavy atom. The molecule has 1 aliphatic rings. The maximum atomic E-state index is 11.1. The highest BCUT2D eigenvalue weighted by Crippen LogP contribution is 2.36. The molecule has 0 atom stereocenters. The number of ether oxygens (including phenoxy) is 2. The summed E-state index contributed by atoms with van der Waals surface area (Å²) < 4.78 is 11.3. The normalized spacial score (nSPS) is 16.7. The predicted molar refractivity (Wildman–Crippen MR) is 85.6 cm³/mol. The summed E-state index contributed by atoms with van der Waals surface area (Å²) in [6.07, 6.45) is 3.25. The van der Waals surface area contributed by atoms with E-state index in [1.807, 2.05) is 20.8 Å². The van der Waals surface area contributed by atoms with Gasteiger partial charge >= 0.3 is 5.69 Å². The van der Waals surface area contributed by atoms with E-state index in [0.29, 0.717) is 6.54 Å². The highest BCUT2D eigenvalue weighted by molar-refractivity contribution is 5.58.